The molecule has 1 aromatic carbocycles. The van der Waals surface area contributed by atoms with E-state index in [1.807, 2.05) is 30.3 Å². The van der Waals surface area contributed by atoms with E-state index in [4.69, 9.17) is 9.47 Å². The maximum Gasteiger partial charge on any atom is 0.310 e. The van der Waals surface area contributed by atoms with E-state index in [1.165, 1.54) is 7.11 Å². The van der Waals surface area contributed by atoms with Crippen LogP contribution in [0.2, 0.25) is 0 Å². The highest BCUT2D eigenvalue weighted by atomic mass is 16.5. The van der Waals surface area contributed by atoms with Crippen molar-refractivity contribution < 1.29 is 14.3 Å². The van der Waals surface area contributed by atoms with E-state index in [0.29, 0.717) is 12.5 Å². The van der Waals surface area contributed by atoms with Crippen molar-refractivity contribution in [3.05, 3.63) is 30.3 Å². The van der Waals surface area contributed by atoms with E-state index in [0.717, 1.165) is 31.8 Å². The van der Waals surface area contributed by atoms with E-state index < -0.39 is 0 Å². The van der Waals surface area contributed by atoms with Crippen molar-refractivity contribution in [3.63, 3.8) is 0 Å². The number of likely N-dealkylation sites (tertiary alicyclic amines) is 1. The molecule has 1 aliphatic heterocycles. The number of hydrogen-bond acceptors (Lipinski definition) is 4. The van der Waals surface area contributed by atoms with Gasteiger partial charge in [0.1, 0.15) is 5.75 Å². The lowest BCUT2D eigenvalue weighted by Gasteiger charge is -2.15. The van der Waals surface area contributed by atoms with Crippen LogP contribution in [0.4, 0.5) is 0 Å². The number of rotatable bonds is 6. The summed E-state index contributed by atoms with van der Waals surface area (Å²) in [5.41, 5.74) is 0. The molecular weight excluding hydrogens is 254 g/mol. The molecule has 1 aromatic rings. The smallest absolute Gasteiger partial charge is 0.310 e. The lowest BCUT2D eigenvalue weighted by Crippen LogP contribution is -2.26. The van der Waals surface area contributed by atoms with Gasteiger partial charge in [0.15, 0.2) is 0 Å². The van der Waals surface area contributed by atoms with Crippen LogP contribution in [-0.2, 0) is 9.53 Å². The Morgan fingerprint density at radius 1 is 1.30 bits per heavy atom. The number of benzene rings is 1. The molecule has 2 rings (SSSR count). The van der Waals surface area contributed by atoms with E-state index in [1.54, 1.807) is 0 Å². The standard InChI is InChI=1S/C16H23NO3/c1-13-11-17(12-15(13)16(18)19-2)9-6-10-20-14-7-4-3-5-8-14/h3-5,7-8,13,15H,6,9-12H2,1-2H3. The lowest BCUT2D eigenvalue weighted by molar-refractivity contribution is -0.146. The molecule has 4 nitrogen and oxygen atoms in total. The number of hydrogen-bond donors (Lipinski definition) is 0. The van der Waals surface area contributed by atoms with E-state index in [-0.39, 0.29) is 11.9 Å². The summed E-state index contributed by atoms with van der Waals surface area (Å²) in [5, 5.41) is 0. The highest BCUT2D eigenvalue weighted by Crippen LogP contribution is 2.24. The first kappa shape index (κ1) is 14.9. The Morgan fingerprint density at radius 2 is 2.05 bits per heavy atom. The van der Waals surface area contributed by atoms with Crippen LogP contribution in [0.5, 0.6) is 5.75 Å². The van der Waals surface area contributed by atoms with Gasteiger partial charge >= 0.3 is 5.97 Å². The Morgan fingerprint density at radius 3 is 2.75 bits per heavy atom. The van der Waals surface area contributed by atoms with Gasteiger partial charge in [-0.1, -0.05) is 25.1 Å². The molecule has 0 N–H and O–H groups in total. The van der Waals surface area contributed by atoms with Gasteiger partial charge in [-0.15, -0.1) is 0 Å². The first-order valence-corrected chi connectivity index (χ1v) is 7.18. The molecule has 1 heterocycles. The highest BCUT2D eigenvalue weighted by Gasteiger charge is 2.34. The fraction of sp³-hybridized carbons (Fsp3) is 0.562. The largest absolute Gasteiger partial charge is 0.494 e. The predicted molar refractivity (Wildman–Crippen MR) is 77.7 cm³/mol. The van der Waals surface area contributed by atoms with Gasteiger partial charge in [-0.25, -0.2) is 0 Å². The van der Waals surface area contributed by atoms with Gasteiger partial charge in [0.05, 0.1) is 19.6 Å². The Kier molecular flexibility index (Phi) is 5.41. The number of methoxy groups -OCH3 is 1. The van der Waals surface area contributed by atoms with Crippen LogP contribution < -0.4 is 4.74 Å². The average Bonchev–Trinajstić information content (AvgIpc) is 2.85. The molecule has 2 atom stereocenters. The lowest BCUT2D eigenvalue weighted by atomic mass is 9.99. The Hall–Kier alpha value is -1.55. The zero-order valence-electron chi connectivity index (χ0n) is 12.2. The van der Waals surface area contributed by atoms with E-state index in [9.17, 15) is 4.79 Å². The zero-order chi connectivity index (χ0) is 14.4. The highest BCUT2D eigenvalue weighted by molar-refractivity contribution is 5.73. The van der Waals surface area contributed by atoms with Crippen LogP contribution in [0.15, 0.2) is 30.3 Å². The van der Waals surface area contributed by atoms with Crippen LogP contribution in [0.25, 0.3) is 0 Å². The summed E-state index contributed by atoms with van der Waals surface area (Å²) in [6.07, 6.45) is 0.968. The van der Waals surface area contributed by atoms with Crippen molar-refractivity contribution in [2.75, 3.05) is 33.4 Å². The molecule has 1 fully saturated rings. The van der Waals surface area contributed by atoms with Crippen LogP contribution in [-0.4, -0.2) is 44.2 Å². The second-order valence-corrected chi connectivity index (χ2v) is 5.38. The number of ether oxygens (including phenoxy) is 2. The topological polar surface area (TPSA) is 38.8 Å². The zero-order valence-corrected chi connectivity index (χ0v) is 12.2. The molecule has 0 saturated carbocycles. The van der Waals surface area contributed by atoms with Gasteiger partial charge in [0.25, 0.3) is 0 Å². The van der Waals surface area contributed by atoms with Gasteiger partial charge < -0.3 is 14.4 Å². The monoisotopic (exact) mass is 277 g/mol. The summed E-state index contributed by atoms with van der Waals surface area (Å²) in [6, 6.07) is 9.85. The van der Waals surface area contributed by atoms with E-state index >= 15 is 0 Å². The van der Waals surface area contributed by atoms with Crippen LogP contribution in [0.3, 0.4) is 0 Å². The minimum atomic E-state index is -0.0828. The first-order valence-electron chi connectivity index (χ1n) is 7.18. The van der Waals surface area contributed by atoms with Gasteiger partial charge in [-0.2, -0.15) is 0 Å². The second kappa shape index (κ2) is 7.29. The van der Waals surface area contributed by atoms with E-state index in [2.05, 4.69) is 11.8 Å². The van der Waals surface area contributed by atoms with Crippen molar-refractivity contribution in [2.45, 2.75) is 13.3 Å². The summed E-state index contributed by atoms with van der Waals surface area (Å²) in [7, 11) is 1.46. The molecule has 0 aromatic heterocycles. The fourth-order valence-corrected chi connectivity index (χ4v) is 2.70. The summed E-state index contributed by atoms with van der Waals surface area (Å²) in [5.74, 6) is 1.22. The van der Waals surface area contributed by atoms with Crippen molar-refractivity contribution in [3.8, 4) is 5.75 Å². The van der Waals surface area contributed by atoms with Crippen molar-refractivity contribution in [1.29, 1.82) is 0 Å². The molecule has 0 aliphatic carbocycles. The molecule has 0 radical (unpaired) electrons. The Labute approximate surface area is 120 Å². The van der Waals surface area contributed by atoms with Gasteiger partial charge in [0, 0.05) is 19.6 Å². The number of carbonyl (C=O) groups excluding carboxylic acids is 1. The van der Waals surface area contributed by atoms with Gasteiger partial charge in [-0.3, -0.25) is 4.79 Å². The summed E-state index contributed by atoms with van der Waals surface area (Å²) in [4.78, 5) is 13.9. The maximum atomic E-state index is 11.6. The first-order chi connectivity index (χ1) is 9.70. The average molecular weight is 277 g/mol. The normalized spacial score (nSPS) is 22.7. The van der Waals surface area contributed by atoms with Gasteiger partial charge in [-0.05, 0) is 24.5 Å². The molecule has 1 aliphatic rings. The molecule has 110 valence electrons. The predicted octanol–water partition coefficient (Wildman–Crippen LogP) is 2.20. The third-order valence-corrected chi connectivity index (χ3v) is 3.82. The third kappa shape index (κ3) is 3.97. The van der Waals surface area contributed by atoms with Gasteiger partial charge in [0.2, 0.25) is 0 Å². The SMILES string of the molecule is COC(=O)C1CN(CCCOc2ccccc2)CC1C. The summed E-state index contributed by atoms with van der Waals surface area (Å²) < 4.78 is 10.5. The van der Waals surface area contributed by atoms with Crippen molar-refractivity contribution in [1.82, 2.24) is 4.90 Å². The Bertz CT molecular complexity index is 421. The van der Waals surface area contributed by atoms with Crippen molar-refractivity contribution >= 4 is 5.97 Å². The fourth-order valence-electron chi connectivity index (χ4n) is 2.70. The number of para-hydroxylation sites is 1. The third-order valence-electron chi connectivity index (χ3n) is 3.82. The Balaban J connectivity index is 1.67. The quantitative estimate of drug-likeness (QED) is 0.590. The minimum absolute atomic E-state index is 0.0232. The van der Waals surface area contributed by atoms with Crippen LogP contribution in [0.1, 0.15) is 13.3 Å². The molecule has 2 unspecified atom stereocenters. The molecular formula is C16H23NO3. The maximum absolute atomic E-state index is 11.6. The number of esters is 1. The van der Waals surface area contributed by atoms with Crippen molar-refractivity contribution in [2.24, 2.45) is 11.8 Å². The summed E-state index contributed by atoms with van der Waals surface area (Å²) >= 11 is 0. The second-order valence-electron chi connectivity index (χ2n) is 5.38. The van der Waals surface area contributed by atoms with Crippen LogP contribution in [0, 0.1) is 11.8 Å². The molecule has 4 heteroatoms. The minimum Gasteiger partial charge on any atom is -0.494 e. The number of carbonyl (C=O) groups is 1. The number of nitrogens with zero attached hydrogens (tertiary/aromatic N) is 1. The molecule has 1 saturated heterocycles. The molecule has 0 amide bonds. The molecule has 0 bridgehead atoms. The van der Waals surface area contributed by atoms with Crippen LogP contribution >= 0.6 is 0 Å². The molecule has 0 spiro atoms. The molecule has 20 heavy (non-hydrogen) atoms. The summed E-state index contributed by atoms with van der Waals surface area (Å²) in [6.45, 7) is 5.55.